The molecule has 0 bridgehead atoms. The van der Waals surface area contributed by atoms with Crippen molar-refractivity contribution >= 4 is 29.0 Å². The number of halogens is 1. The zero-order valence-corrected chi connectivity index (χ0v) is 13.9. The molecule has 120 valence electrons. The molecule has 23 heavy (non-hydrogen) atoms. The molecule has 1 heterocycles. The van der Waals surface area contributed by atoms with Gasteiger partial charge >= 0.3 is 6.03 Å². The molecule has 2 amide bonds. The van der Waals surface area contributed by atoms with Gasteiger partial charge in [-0.05, 0) is 48.9 Å². The molecule has 1 N–H and O–H groups in total. The predicted octanol–water partition coefficient (Wildman–Crippen LogP) is 4.00. The number of nitrogens with one attached hydrogen (secondary N) is 1. The third-order valence-electron chi connectivity index (χ3n) is 4.03. The number of nitrogens with zero attached hydrogens (tertiary/aromatic N) is 2. The molecule has 0 atom stereocenters. The van der Waals surface area contributed by atoms with Crippen molar-refractivity contribution in [3.8, 4) is 0 Å². The van der Waals surface area contributed by atoms with Crippen LogP contribution in [0.2, 0.25) is 5.02 Å². The molecular weight excluding hydrogens is 310 g/mol. The molecule has 2 aromatic rings. The Kier molecular flexibility index (Phi) is 4.72. The molecule has 3 rings (SSSR count). The van der Waals surface area contributed by atoms with Gasteiger partial charge in [0.15, 0.2) is 0 Å². The fraction of sp³-hybridized carbons (Fsp3) is 0.278. The van der Waals surface area contributed by atoms with Crippen molar-refractivity contribution in [1.82, 2.24) is 4.90 Å². The molecule has 0 unspecified atom stereocenters. The molecule has 2 aromatic carbocycles. The summed E-state index contributed by atoms with van der Waals surface area (Å²) >= 11 is 5.85. The number of benzene rings is 2. The minimum atomic E-state index is -0.0591. The summed E-state index contributed by atoms with van der Waals surface area (Å²) in [6.07, 6.45) is 0. The van der Waals surface area contributed by atoms with Gasteiger partial charge in [0, 0.05) is 42.6 Å². The summed E-state index contributed by atoms with van der Waals surface area (Å²) in [6, 6.07) is 15.6. The van der Waals surface area contributed by atoms with Crippen molar-refractivity contribution in [3.05, 3.63) is 59.1 Å². The lowest BCUT2D eigenvalue weighted by atomic mass is 10.2. The molecule has 0 aliphatic carbocycles. The smallest absolute Gasteiger partial charge is 0.321 e. The number of piperazine rings is 1. The van der Waals surface area contributed by atoms with Crippen LogP contribution in [-0.2, 0) is 0 Å². The largest absolute Gasteiger partial charge is 0.368 e. The highest BCUT2D eigenvalue weighted by Gasteiger charge is 2.21. The standard InChI is InChI=1S/C18H20ClN3O/c1-14-3-2-4-17(13-14)21-9-11-22(12-10-21)18(23)20-16-7-5-15(19)6-8-16/h2-8,13H,9-12H2,1H3,(H,20,23). The maximum atomic E-state index is 12.3. The van der Waals surface area contributed by atoms with Crippen LogP contribution in [0.5, 0.6) is 0 Å². The normalized spacial score (nSPS) is 14.7. The summed E-state index contributed by atoms with van der Waals surface area (Å²) in [5.41, 5.74) is 3.24. The first-order chi connectivity index (χ1) is 11.1. The Bertz CT molecular complexity index is 679. The van der Waals surface area contributed by atoms with Gasteiger partial charge in [0.25, 0.3) is 0 Å². The number of hydrogen-bond donors (Lipinski definition) is 1. The fourth-order valence-electron chi connectivity index (χ4n) is 2.73. The average Bonchev–Trinajstić information content (AvgIpc) is 2.57. The number of urea groups is 1. The van der Waals surface area contributed by atoms with Crippen LogP contribution in [-0.4, -0.2) is 37.1 Å². The van der Waals surface area contributed by atoms with Gasteiger partial charge in [-0.2, -0.15) is 0 Å². The van der Waals surface area contributed by atoms with Gasteiger partial charge in [-0.15, -0.1) is 0 Å². The van der Waals surface area contributed by atoms with Crippen molar-refractivity contribution in [2.45, 2.75) is 6.92 Å². The summed E-state index contributed by atoms with van der Waals surface area (Å²) in [7, 11) is 0. The molecular formula is C18H20ClN3O. The van der Waals surface area contributed by atoms with Crippen molar-refractivity contribution in [2.24, 2.45) is 0 Å². The van der Waals surface area contributed by atoms with Crippen molar-refractivity contribution in [1.29, 1.82) is 0 Å². The number of carbonyl (C=O) groups is 1. The van der Waals surface area contributed by atoms with E-state index in [0.717, 1.165) is 18.8 Å². The van der Waals surface area contributed by atoms with Gasteiger partial charge in [-0.25, -0.2) is 4.79 Å². The number of rotatable bonds is 2. The van der Waals surface area contributed by atoms with Crippen LogP contribution in [0, 0.1) is 6.92 Å². The summed E-state index contributed by atoms with van der Waals surface area (Å²) < 4.78 is 0. The van der Waals surface area contributed by atoms with E-state index >= 15 is 0 Å². The summed E-state index contributed by atoms with van der Waals surface area (Å²) in [4.78, 5) is 16.5. The van der Waals surface area contributed by atoms with Gasteiger partial charge in [-0.3, -0.25) is 0 Å². The van der Waals surface area contributed by atoms with Gasteiger partial charge in [0.1, 0.15) is 0 Å². The maximum absolute atomic E-state index is 12.3. The van der Waals surface area contributed by atoms with E-state index in [0.29, 0.717) is 18.1 Å². The molecule has 1 fully saturated rings. The lowest BCUT2D eigenvalue weighted by Gasteiger charge is -2.36. The quantitative estimate of drug-likeness (QED) is 0.903. The highest BCUT2D eigenvalue weighted by atomic mass is 35.5. The monoisotopic (exact) mass is 329 g/mol. The first kappa shape index (κ1) is 15.7. The van der Waals surface area contributed by atoms with Gasteiger partial charge in [0.2, 0.25) is 0 Å². The zero-order chi connectivity index (χ0) is 16.2. The summed E-state index contributed by atoms with van der Waals surface area (Å²) in [6.45, 7) is 5.22. The Labute approximate surface area is 141 Å². The van der Waals surface area contributed by atoms with Crippen LogP contribution in [0.15, 0.2) is 48.5 Å². The third-order valence-corrected chi connectivity index (χ3v) is 4.28. The molecule has 5 heteroatoms. The van der Waals surface area contributed by atoms with Gasteiger partial charge in [-0.1, -0.05) is 23.7 Å². The van der Waals surface area contributed by atoms with Gasteiger partial charge in [0.05, 0.1) is 0 Å². The van der Waals surface area contributed by atoms with E-state index in [1.54, 1.807) is 12.1 Å². The molecule has 4 nitrogen and oxygen atoms in total. The average molecular weight is 330 g/mol. The van der Waals surface area contributed by atoms with Crippen LogP contribution in [0.1, 0.15) is 5.56 Å². The lowest BCUT2D eigenvalue weighted by molar-refractivity contribution is 0.208. The molecule has 1 aliphatic rings. The summed E-state index contributed by atoms with van der Waals surface area (Å²) in [5, 5.41) is 3.57. The second-order valence-corrected chi connectivity index (χ2v) is 6.19. The first-order valence-electron chi connectivity index (χ1n) is 7.75. The molecule has 0 aromatic heterocycles. The van der Waals surface area contributed by atoms with Gasteiger partial charge < -0.3 is 15.1 Å². The van der Waals surface area contributed by atoms with Crippen LogP contribution in [0.4, 0.5) is 16.2 Å². The van der Waals surface area contributed by atoms with Crippen molar-refractivity contribution in [2.75, 3.05) is 36.4 Å². The highest BCUT2D eigenvalue weighted by Crippen LogP contribution is 2.19. The maximum Gasteiger partial charge on any atom is 0.321 e. The Hall–Kier alpha value is -2.20. The fourth-order valence-corrected chi connectivity index (χ4v) is 2.85. The van der Waals surface area contributed by atoms with E-state index in [1.807, 2.05) is 17.0 Å². The molecule has 0 spiro atoms. The molecule has 1 saturated heterocycles. The predicted molar refractivity (Wildman–Crippen MR) is 95.4 cm³/mol. The number of carbonyl (C=O) groups excluding carboxylic acids is 1. The molecule has 0 radical (unpaired) electrons. The Morgan fingerprint density at radius 3 is 2.39 bits per heavy atom. The van der Waals surface area contributed by atoms with Crippen LogP contribution >= 0.6 is 11.6 Å². The van der Waals surface area contributed by atoms with Crippen molar-refractivity contribution < 1.29 is 4.79 Å². The van der Waals surface area contributed by atoms with E-state index in [-0.39, 0.29) is 6.03 Å². The number of hydrogen-bond acceptors (Lipinski definition) is 2. The zero-order valence-electron chi connectivity index (χ0n) is 13.1. The Morgan fingerprint density at radius 1 is 1.04 bits per heavy atom. The van der Waals surface area contributed by atoms with E-state index < -0.39 is 0 Å². The molecule has 1 aliphatic heterocycles. The van der Waals surface area contributed by atoms with Crippen LogP contribution in [0.3, 0.4) is 0 Å². The second kappa shape index (κ2) is 6.92. The molecule has 0 saturated carbocycles. The van der Waals surface area contributed by atoms with E-state index in [9.17, 15) is 4.79 Å². The Balaban J connectivity index is 1.56. The van der Waals surface area contributed by atoms with E-state index in [4.69, 9.17) is 11.6 Å². The minimum absolute atomic E-state index is 0.0591. The minimum Gasteiger partial charge on any atom is -0.368 e. The van der Waals surface area contributed by atoms with E-state index in [1.165, 1.54) is 11.3 Å². The highest BCUT2D eigenvalue weighted by molar-refractivity contribution is 6.30. The topological polar surface area (TPSA) is 35.6 Å². The summed E-state index contributed by atoms with van der Waals surface area (Å²) in [5.74, 6) is 0. The van der Waals surface area contributed by atoms with E-state index in [2.05, 4.69) is 41.4 Å². The number of amides is 2. The first-order valence-corrected chi connectivity index (χ1v) is 8.13. The number of anilines is 2. The SMILES string of the molecule is Cc1cccc(N2CCN(C(=O)Nc3ccc(Cl)cc3)CC2)c1. The van der Waals surface area contributed by atoms with Crippen LogP contribution in [0.25, 0.3) is 0 Å². The lowest BCUT2D eigenvalue weighted by Crippen LogP contribution is -2.50. The number of aryl methyl sites for hydroxylation is 1. The van der Waals surface area contributed by atoms with Crippen molar-refractivity contribution in [3.63, 3.8) is 0 Å². The second-order valence-electron chi connectivity index (χ2n) is 5.75. The van der Waals surface area contributed by atoms with Crippen LogP contribution < -0.4 is 10.2 Å². The Morgan fingerprint density at radius 2 is 1.74 bits per heavy atom. The third kappa shape index (κ3) is 3.96.